The van der Waals surface area contributed by atoms with E-state index in [0.717, 1.165) is 12.8 Å². The van der Waals surface area contributed by atoms with Crippen LogP contribution in [0.1, 0.15) is 33.6 Å². The molecule has 0 amide bonds. The zero-order valence-corrected chi connectivity index (χ0v) is 7.80. The second-order valence-corrected chi connectivity index (χ2v) is 3.31. The van der Waals surface area contributed by atoms with E-state index in [0.29, 0.717) is 0 Å². The second kappa shape index (κ2) is 5.33. The highest BCUT2D eigenvalue weighted by Gasteiger charge is 2.02. The fourth-order valence-electron chi connectivity index (χ4n) is 1.15. The maximum absolute atomic E-state index is 5.66. The zero-order chi connectivity index (χ0) is 8.85. The molecular weight excluding hydrogens is 136 g/mol. The summed E-state index contributed by atoms with van der Waals surface area (Å²) in [6, 6.07) is 0.500. The molecule has 0 radical (unpaired) electrons. The van der Waals surface area contributed by atoms with Gasteiger partial charge in [-0.25, -0.2) is 0 Å². The van der Waals surface area contributed by atoms with Crippen LogP contribution in [0.5, 0.6) is 0 Å². The first-order chi connectivity index (χ1) is 5.06. The Morgan fingerprint density at radius 2 is 1.55 bits per heavy atom. The Kier molecular flexibility index (Phi) is 5.16. The molecule has 0 heterocycles. The molecule has 0 bridgehead atoms. The van der Waals surface area contributed by atoms with Gasteiger partial charge in [-0.15, -0.1) is 0 Å². The first-order valence-corrected chi connectivity index (χ1v) is 4.21. The molecule has 0 saturated heterocycles. The zero-order valence-electron chi connectivity index (χ0n) is 7.80. The standard InChI is InChI=1S/C9H20N2/c1-4-9(5-7(2)10)6-8(3)11/h4,7-8H,5-6,10-11H2,1-3H3. The summed E-state index contributed by atoms with van der Waals surface area (Å²) in [6.45, 7) is 6.08. The lowest BCUT2D eigenvalue weighted by Gasteiger charge is -2.11. The van der Waals surface area contributed by atoms with Gasteiger partial charge in [-0.1, -0.05) is 11.6 Å². The molecule has 2 atom stereocenters. The fraction of sp³-hybridized carbons (Fsp3) is 0.778. The average molecular weight is 156 g/mol. The summed E-state index contributed by atoms with van der Waals surface area (Å²) in [7, 11) is 0. The summed E-state index contributed by atoms with van der Waals surface area (Å²) in [4.78, 5) is 0. The van der Waals surface area contributed by atoms with Crippen molar-refractivity contribution in [1.29, 1.82) is 0 Å². The fourth-order valence-corrected chi connectivity index (χ4v) is 1.15. The largest absolute Gasteiger partial charge is 0.328 e. The van der Waals surface area contributed by atoms with Crippen LogP contribution in [0.25, 0.3) is 0 Å². The Bertz CT molecular complexity index is 114. The summed E-state index contributed by atoms with van der Waals surface area (Å²) >= 11 is 0. The number of rotatable bonds is 4. The molecule has 0 fully saturated rings. The highest BCUT2D eigenvalue weighted by molar-refractivity contribution is 5.03. The summed E-state index contributed by atoms with van der Waals surface area (Å²) in [5, 5.41) is 0. The van der Waals surface area contributed by atoms with Crippen molar-refractivity contribution in [3.05, 3.63) is 11.6 Å². The van der Waals surface area contributed by atoms with Crippen LogP contribution in [0.15, 0.2) is 11.6 Å². The van der Waals surface area contributed by atoms with Gasteiger partial charge in [0.05, 0.1) is 0 Å². The molecule has 0 aliphatic heterocycles. The van der Waals surface area contributed by atoms with Crippen LogP contribution in [-0.4, -0.2) is 12.1 Å². The summed E-state index contributed by atoms with van der Waals surface area (Å²) < 4.78 is 0. The van der Waals surface area contributed by atoms with Crippen LogP contribution in [0.3, 0.4) is 0 Å². The van der Waals surface area contributed by atoms with Gasteiger partial charge in [0.15, 0.2) is 0 Å². The number of allylic oxidation sites excluding steroid dienone is 1. The minimum Gasteiger partial charge on any atom is -0.328 e. The van der Waals surface area contributed by atoms with Crippen molar-refractivity contribution < 1.29 is 0 Å². The van der Waals surface area contributed by atoms with Crippen molar-refractivity contribution in [2.75, 3.05) is 0 Å². The van der Waals surface area contributed by atoms with E-state index in [1.54, 1.807) is 0 Å². The third-order valence-electron chi connectivity index (χ3n) is 1.58. The predicted molar refractivity (Wildman–Crippen MR) is 50.3 cm³/mol. The van der Waals surface area contributed by atoms with E-state index in [-0.39, 0.29) is 12.1 Å². The SMILES string of the molecule is CC=C(CC(C)N)CC(C)N. The molecule has 0 rings (SSSR count). The number of nitrogens with two attached hydrogens (primary N) is 2. The summed E-state index contributed by atoms with van der Waals surface area (Å²) in [5.74, 6) is 0. The first kappa shape index (κ1) is 10.7. The third-order valence-corrected chi connectivity index (χ3v) is 1.58. The molecule has 11 heavy (non-hydrogen) atoms. The van der Waals surface area contributed by atoms with Gasteiger partial charge in [-0.2, -0.15) is 0 Å². The van der Waals surface area contributed by atoms with E-state index in [1.807, 2.05) is 20.8 Å². The molecule has 66 valence electrons. The van der Waals surface area contributed by atoms with Gasteiger partial charge >= 0.3 is 0 Å². The molecule has 2 heteroatoms. The van der Waals surface area contributed by atoms with E-state index in [2.05, 4.69) is 6.08 Å². The summed E-state index contributed by atoms with van der Waals surface area (Å²) in [5.41, 5.74) is 12.7. The Hall–Kier alpha value is -0.340. The van der Waals surface area contributed by atoms with E-state index in [4.69, 9.17) is 11.5 Å². The monoisotopic (exact) mass is 156 g/mol. The van der Waals surface area contributed by atoms with Crippen LogP contribution >= 0.6 is 0 Å². The molecule has 0 aromatic heterocycles. The van der Waals surface area contributed by atoms with Crippen molar-refractivity contribution in [3.8, 4) is 0 Å². The van der Waals surface area contributed by atoms with Gasteiger partial charge in [0, 0.05) is 12.1 Å². The Labute approximate surface area is 69.6 Å². The second-order valence-electron chi connectivity index (χ2n) is 3.31. The minimum absolute atomic E-state index is 0.250. The van der Waals surface area contributed by atoms with Gasteiger partial charge < -0.3 is 11.5 Å². The minimum atomic E-state index is 0.250. The predicted octanol–water partition coefficient (Wildman–Crippen LogP) is 1.41. The number of hydrogen-bond acceptors (Lipinski definition) is 2. The Morgan fingerprint density at radius 1 is 1.18 bits per heavy atom. The molecular formula is C9H20N2. The molecule has 0 aromatic rings. The average Bonchev–Trinajstić information content (AvgIpc) is 1.84. The smallest absolute Gasteiger partial charge is 0.00476 e. The maximum atomic E-state index is 5.66. The van der Waals surface area contributed by atoms with Crippen molar-refractivity contribution >= 4 is 0 Å². The Morgan fingerprint density at radius 3 is 1.73 bits per heavy atom. The molecule has 0 aliphatic rings. The van der Waals surface area contributed by atoms with E-state index >= 15 is 0 Å². The van der Waals surface area contributed by atoms with Gasteiger partial charge in [0.2, 0.25) is 0 Å². The molecule has 2 unspecified atom stereocenters. The molecule has 0 saturated carbocycles. The highest BCUT2D eigenvalue weighted by atomic mass is 14.6. The van der Waals surface area contributed by atoms with Gasteiger partial charge in [0.1, 0.15) is 0 Å². The van der Waals surface area contributed by atoms with E-state index < -0.39 is 0 Å². The highest BCUT2D eigenvalue weighted by Crippen LogP contribution is 2.10. The normalized spacial score (nSPS) is 15.7. The lowest BCUT2D eigenvalue weighted by molar-refractivity contribution is 0.655. The van der Waals surface area contributed by atoms with Crippen LogP contribution in [-0.2, 0) is 0 Å². The third kappa shape index (κ3) is 6.07. The molecule has 0 aromatic carbocycles. The van der Waals surface area contributed by atoms with E-state index in [1.165, 1.54) is 5.57 Å². The molecule has 2 nitrogen and oxygen atoms in total. The van der Waals surface area contributed by atoms with Crippen LogP contribution in [0, 0.1) is 0 Å². The van der Waals surface area contributed by atoms with Crippen molar-refractivity contribution in [1.82, 2.24) is 0 Å². The summed E-state index contributed by atoms with van der Waals surface area (Å²) in [6.07, 6.45) is 4.06. The topological polar surface area (TPSA) is 52.0 Å². The lowest BCUT2D eigenvalue weighted by Crippen LogP contribution is -2.20. The maximum Gasteiger partial charge on any atom is 0.00476 e. The molecule has 0 aliphatic carbocycles. The van der Waals surface area contributed by atoms with Crippen LogP contribution in [0.4, 0.5) is 0 Å². The van der Waals surface area contributed by atoms with Gasteiger partial charge in [-0.05, 0) is 33.6 Å². The van der Waals surface area contributed by atoms with Crippen LogP contribution in [0.2, 0.25) is 0 Å². The molecule has 4 N–H and O–H groups in total. The van der Waals surface area contributed by atoms with Crippen molar-refractivity contribution in [3.63, 3.8) is 0 Å². The van der Waals surface area contributed by atoms with Crippen molar-refractivity contribution in [2.24, 2.45) is 11.5 Å². The van der Waals surface area contributed by atoms with Gasteiger partial charge in [0.25, 0.3) is 0 Å². The van der Waals surface area contributed by atoms with Crippen LogP contribution < -0.4 is 11.5 Å². The lowest BCUT2D eigenvalue weighted by atomic mass is 10.0. The number of hydrogen-bond donors (Lipinski definition) is 2. The van der Waals surface area contributed by atoms with Crippen molar-refractivity contribution in [2.45, 2.75) is 45.7 Å². The molecule has 0 spiro atoms. The Balaban J connectivity index is 3.79. The first-order valence-electron chi connectivity index (χ1n) is 4.21. The van der Waals surface area contributed by atoms with E-state index in [9.17, 15) is 0 Å². The van der Waals surface area contributed by atoms with Gasteiger partial charge in [-0.3, -0.25) is 0 Å². The quantitative estimate of drug-likeness (QED) is 0.605.